The molecule has 4 aromatic rings. The van der Waals surface area contributed by atoms with Crippen molar-refractivity contribution in [2.24, 2.45) is 0 Å². The minimum absolute atomic E-state index is 0.243. The van der Waals surface area contributed by atoms with Gasteiger partial charge in [-0.05, 0) is 43.2 Å². The number of rotatable bonds is 7. The first-order valence-corrected chi connectivity index (χ1v) is 12.1. The van der Waals surface area contributed by atoms with Gasteiger partial charge in [-0.15, -0.1) is 0 Å². The molecule has 1 fully saturated rings. The molecule has 0 bridgehead atoms. The maximum absolute atomic E-state index is 12.9. The number of aryl methyl sites for hydroxylation is 2. The van der Waals surface area contributed by atoms with Gasteiger partial charge in [0, 0.05) is 50.9 Å². The van der Waals surface area contributed by atoms with Gasteiger partial charge in [0.1, 0.15) is 11.3 Å². The number of benzene rings is 2. The van der Waals surface area contributed by atoms with Crippen molar-refractivity contribution in [1.29, 1.82) is 0 Å². The number of para-hydroxylation sites is 1. The van der Waals surface area contributed by atoms with Crippen molar-refractivity contribution in [3.8, 4) is 0 Å². The number of fused-ring (bicyclic) bond motifs is 1. The van der Waals surface area contributed by atoms with Gasteiger partial charge in [0.25, 0.3) is 0 Å². The first-order chi connectivity index (χ1) is 16.7. The molecular formula is C28H31N5O. The van der Waals surface area contributed by atoms with Gasteiger partial charge in [0.2, 0.25) is 5.91 Å². The van der Waals surface area contributed by atoms with E-state index in [1.807, 2.05) is 29.3 Å². The van der Waals surface area contributed by atoms with Gasteiger partial charge in [-0.25, -0.2) is 9.97 Å². The predicted octanol–water partition coefficient (Wildman–Crippen LogP) is 4.46. The monoisotopic (exact) mass is 453 g/mol. The molecule has 0 aliphatic carbocycles. The highest BCUT2D eigenvalue weighted by molar-refractivity contribution is 5.76. The fourth-order valence-electron chi connectivity index (χ4n) is 4.65. The van der Waals surface area contributed by atoms with Crippen LogP contribution in [-0.4, -0.2) is 51.5 Å². The first kappa shape index (κ1) is 22.1. The van der Waals surface area contributed by atoms with E-state index < -0.39 is 0 Å². The minimum Gasteiger partial charge on any atom is -0.368 e. The summed E-state index contributed by atoms with van der Waals surface area (Å²) < 4.78 is 2.20. The summed E-state index contributed by atoms with van der Waals surface area (Å²) in [4.78, 5) is 26.7. The Hall–Kier alpha value is -3.67. The molecule has 6 nitrogen and oxygen atoms in total. The van der Waals surface area contributed by atoms with Crippen LogP contribution >= 0.6 is 0 Å². The Kier molecular flexibility index (Phi) is 6.56. The van der Waals surface area contributed by atoms with E-state index in [-0.39, 0.29) is 5.91 Å². The van der Waals surface area contributed by atoms with Crippen LogP contribution in [0.15, 0.2) is 72.9 Å². The maximum Gasteiger partial charge on any atom is 0.222 e. The molecule has 1 amide bonds. The third-order valence-electron chi connectivity index (χ3n) is 6.59. The Bertz CT molecular complexity index is 1240. The summed E-state index contributed by atoms with van der Waals surface area (Å²) in [6.07, 6.45) is 3.91. The van der Waals surface area contributed by atoms with Crippen molar-refractivity contribution in [1.82, 2.24) is 19.4 Å². The summed E-state index contributed by atoms with van der Waals surface area (Å²) in [5.41, 5.74) is 5.52. The van der Waals surface area contributed by atoms with Crippen LogP contribution in [-0.2, 0) is 17.8 Å². The third-order valence-corrected chi connectivity index (χ3v) is 6.59. The lowest BCUT2D eigenvalue weighted by atomic mass is 10.1. The Balaban J connectivity index is 1.20. The molecule has 0 N–H and O–H groups in total. The lowest BCUT2D eigenvalue weighted by molar-refractivity contribution is -0.131. The molecule has 0 atom stereocenters. The second-order valence-corrected chi connectivity index (χ2v) is 9.00. The number of anilines is 1. The van der Waals surface area contributed by atoms with Crippen molar-refractivity contribution in [2.45, 2.75) is 32.7 Å². The van der Waals surface area contributed by atoms with Crippen LogP contribution in [0.3, 0.4) is 0 Å². The average Bonchev–Trinajstić information content (AvgIpc) is 3.23. The lowest BCUT2D eigenvalue weighted by Crippen LogP contribution is -2.48. The molecule has 34 heavy (non-hydrogen) atoms. The molecule has 2 aromatic carbocycles. The van der Waals surface area contributed by atoms with Crippen molar-refractivity contribution in [3.63, 3.8) is 0 Å². The molecule has 2 aromatic heterocycles. The van der Waals surface area contributed by atoms with Gasteiger partial charge in [0.05, 0.1) is 6.54 Å². The predicted molar refractivity (Wildman–Crippen MR) is 136 cm³/mol. The smallest absolute Gasteiger partial charge is 0.222 e. The lowest BCUT2D eigenvalue weighted by Gasteiger charge is -2.36. The number of hydrogen-bond acceptors (Lipinski definition) is 4. The SMILES string of the molecule is Cc1ccc(Cn2c(CCCC(=O)N3CCN(c4ccccc4)CC3)nc3cccnc32)cc1. The topological polar surface area (TPSA) is 54.3 Å². The van der Waals surface area contributed by atoms with E-state index in [2.05, 4.69) is 69.9 Å². The maximum atomic E-state index is 12.9. The summed E-state index contributed by atoms with van der Waals surface area (Å²) in [5.74, 6) is 1.24. The van der Waals surface area contributed by atoms with E-state index >= 15 is 0 Å². The zero-order valence-electron chi connectivity index (χ0n) is 19.7. The van der Waals surface area contributed by atoms with Crippen LogP contribution in [0.25, 0.3) is 11.2 Å². The number of pyridine rings is 1. The molecule has 0 unspecified atom stereocenters. The van der Waals surface area contributed by atoms with Gasteiger partial charge in [-0.2, -0.15) is 0 Å². The quantitative estimate of drug-likeness (QED) is 0.415. The molecule has 0 spiro atoms. The second kappa shape index (κ2) is 10.1. The number of aromatic nitrogens is 3. The Morgan fingerprint density at radius 3 is 2.44 bits per heavy atom. The van der Waals surface area contributed by atoms with Gasteiger partial charge >= 0.3 is 0 Å². The fourth-order valence-corrected chi connectivity index (χ4v) is 4.65. The van der Waals surface area contributed by atoms with Crippen LogP contribution in [0, 0.1) is 6.92 Å². The van der Waals surface area contributed by atoms with E-state index in [9.17, 15) is 4.79 Å². The van der Waals surface area contributed by atoms with Crippen molar-refractivity contribution < 1.29 is 4.79 Å². The van der Waals surface area contributed by atoms with E-state index in [1.54, 1.807) is 0 Å². The highest BCUT2D eigenvalue weighted by Crippen LogP contribution is 2.19. The van der Waals surface area contributed by atoms with Crippen LogP contribution in [0.2, 0.25) is 0 Å². The van der Waals surface area contributed by atoms with Gasteiger partial charge in [0.15, 0.2) is 5.65 Å². The minimum atomic E-state index is 0.243. The molecule has 1 aliphatic rings. The molecule has 1 saturated heterocycles. The largest absolute Gasteiger partial charge is 0.368 e. The number of carbonyl (C=O) groups excluding carboxylic acids is 1. The van der Waals surface area contributed by atoms with Crippen LogP contribution < -0.4 is 4.90 Å². The number of carbonyl (C=O) groups is 1. The van der Waals surface area contributed by atoms with E-state index in [0.29, 0.717) is 6.42 Å². The van der Waals surface area contributed by atoms with Gasteiger partial charge in [-0.1, -0.05) is 48.0 Å². The summed E-state index contributed by atoms with van der Waals surface area (Å²) in [5, 5.41) is 0. The van der Waals surface area contributed by atoms with E-state index in [0.717, 1.165) is 62.6 Å². The molecule has 6 heteroatoms. The molecule has 0 saturated carbocycles. The van der Waals surface area contributed by atoms with Crippen LogP contribution in [0.5, 0.6) is 0 Å². The normalized spacial score (nSPS) is 14.0. The molecular weight excluding hydrogens is 422 g/mol. The summed E-state index contributed by atoms with van der Waals surface area (Å²) in [6, 6.07) is 23.0. The zero-order chi connectivity index (χ0) is 23.3. The van der Waals surface area contributed by atoms with Gasteiger partial charge in [-0.3, -0.25) is 4.79 Å². The van der Waals surface area contributed by atoms with Crippen molar-refractivity contribution in [2.75, 3.05) is 31.1 Å². The molecule has 1 aliphatic heterocycles. The van der Waals surface area contributed by atoms with Crippen molar-refractivity contribution in [3.05, 3.63) is 89.9 Å². The average molecular weight is 454 g/mol. The Morgan fingerprint density at radius 1 is 0.912 bits per heavy atom. The molecule has 174 valence electrons. The van der Waals surface area contributed by atoms with E-state index in [1.165, 1.54) is 16.8 Å². The van der Waals surface area contributed by atoms with Crippen LogP contribution in [0.4, 0.5) is 5.69 Å². The van der Waals surface area contributed by atoms with Gasteiger partial charge < -0.3 is 14.4 Å². The van der Waals surface area contributed by atoms with Crippen LogP contribution in [0.1, 0.15) is 29.8 Å². The molecule has 0 radical (unpaired) electrons. The highest BCUT2D eigenvalue weighted by atomic mass is 16.2. The second-order valence-electron chi connectivity index (χ2n) is 9.00. The fraction of sp³-hybridized carbons (Fsp3) is 0.321. The Morgan fingerprint density at radius 2 is 1.68 bits per heavy atom. The molecule has 5 rings (SSSR count). The number of nitrogens with zero attached hydrogens (tertiary/aromatic N) is 5. The Labute approximate surface area is 200 Å². The number of imidazole rings is 1. The zero-order valence-corrected chi connectivity index (χ0v) is 19.7. The standard InChI is InChI=1S/C28H31N5O/c1-22-12-14-23(15-13-22)21-33-26(30-25-9-6-16-29-28(25)33)10-5-11-27(34)32-19-17-31(18-20-32)24-7-3-2-4-8-24/h2-4,6-9,12-16H,5,10-11,17-21H2,1H3. The summed E-state index contributed by atoms with van der Waals surface area (Å²) >= 11 is 0. The number of amides is 1. The van der Waals surface area contributed by atoms with Crippen molar-refractivity contribution >= 4 is 22.8 Å². The third kappa shape index (κ3) is 4.96. The highest BCUT2D eigenvalue weighted by Gasteiger charge is 2.21. The summed E-state index contributed by atoms with van der Waals surface area (Å²) in [7, 11) is 0. The number of hydrogen-bond donors (Lipinski definition) is 0. The molecule has 3 heterocycles. The summed E-state index contributed by atoms with van der Waals surface area (Å²) in [6.45, 7) is 6.16. The van der Waals surface area contributed by atoms with E-state index in [4.69, 9.17) is 4.98 Å². The first-order valence-electron chi connectivity index (χ1n) is 12.1. The number of piperazine rings is 1.